The van der Waals surface area contributed by atoms with E-state index in [2.05, 4.69) is 28.5 Å². The van der Waals surface area contributed by atoms with Crippen molar-refractivity contribution in [1.29, 1.82) is 0 Å². The lowest BCUT2D eigenvalue weighted by Crippen LogP contribution is -2.44. The minimum absolute atomic E-state index is 0. The van der Waals surface area contributed by atoms with Gasteiger partial charge in [0.1, 0.15) is 0 Å². The third-order valence-electron chi connectivity index (χ3n) is 4.58. The van der Waals surface area contributed by atoms with Gasteiger partial charge in [-0.25, -0.2) is 0 Å². The molecular weight excluding hydrogens is 383 g/mol. The lowest BCUT2D eigenvalue weighted by atomic mass is 9.96. The molecule has 0 amide bonds. The number of hydrogen-bond donors (Lipinski definition) is 2. The van der Waals surface area contributed by atoms with E-state index >= 15 is 0 Å². The SMILES string of the molecule is CSC1(CN=C(N)NC2CCCC2)CCN(C)CC1.I. The van der Waals surface area contributed by atoms with Crippen molar-refractivity contribution in [2.24, 2.45) is 10.7 Å². The molecule has 6 heteroatoms. The molecule has 1 aliphatic carbocycles. The van der Waals surface area contributed by atoms with Gasteiger partial charge in [-0.05, 0) is 52.1 Å². The second-order valence-corrected chi connectivity index (χ2v) is 7.29. The first-order chi connectivity index (χ1) is 9.13. The average Bonchev–Trinajstić information content (AvgIpc) is 2.92. The maximum Gasteiger partial charge on any atom is 0.188 e. The minimum Gasteiger partial charge on any atom is -0.370 e. The largest absolute Gasteiger partial charge is 0.370 e. The number of piperidine rings is 1. The van der Waals surface area contributed by atoms with E-state index in [1.165, 1.54) is 51.6 Å². The van der Waals surface area contributed by atoms with Crippen LogP contribution in [0.4, 0.5) is 0 Å². The maximum atomic E-state index is 6.03. The van der Waals surface area contributed by atoms with E-state index in [-0.39, 0.29) is 24.0 Å². The molecule has 2 aliphatic rings. The highest BCUT2D eigenvalue weighted by atomic mass is 127. The van der Waals surface area contributed by atoms with Gasteiger partial charge in [-0.1, -0.05) is 12.8 Å². The third kappa shape index (κ3) is 5.26. The molecular formula is C14H29IN4S. The van der Waals surface area contributed by atoms with Crippen molar-refractivity contribution in [1.82, 2.24) is 10.2 Å². The normalized spacial score (nSPS) is 24.4. The first-order valence-electron chi connectivity index (χ1n) is 7.44. The van der Waals surface area contributed by atoms with Gasteiger partial charge < -0.3 is 16.0 Å². The summed E-state index contributed by atoms with van der Waals surface area (Å²) in [6.45, 7) is 3.20. The van der Waals surface area contributed by atoms with E-state index in [0.29, 0.717) is 16.7 Å². The van der Waals surface area contributed by atoms with Crippen LogP contribution in [0.1, 0.15) is 38.5 Å². The van der Waals surface area contributed by atoms with Crippen molar-refractivity contribution in [2.45, 2.75) is 49.3 Å². The molecule has 20 heavy (non-hydrogen) atoms. The molecule has 4 nitrogen and oxygen atoms in total. The summed E-state index contributed by atoms with van der Waals surface area (Å²) in [4.78, 5) is 7.02. The molecule has 1 aliphatic heterocycles. The van der Waals surface area contributed by atoms with Crippen LogP contribution in [0.15, 0.2) is 4.99 Å². The Balaban J connectivity index is 0.00000200. The summed E-state index contributed by atoms with van der Waals surface area (Å²) < 4.78 is 0.300. The van der Waals surface area contributed by atoms with Crippen LogP contribution >= 0.6 is 35.7 Å². The molecule has 0 aromatic heterocycles. The summed E-state index contributed by atoms with van der Waals surface area (Å²) in [5.74, 6) is 0.652. The van der Waals surface area contributed by atoms with Gasteiger partial charge in [0.05, 0.1) is 6.54 Å². The van der Waals surface area contributed by atoms with E-state index < -0.39 is 0 Å². The summed E-state index contributed by atoms with van der Waals surface area (Å²) in [7, 11) is 2.20. The molecule has 0 unspecified atom stereocenters. The predicted octanol–water partition coefficient (Wildman–Crippen LogP) is 2.28. The van der Waals surface area contributed by atoms with E-state index in [1.54, 1.807) is 0 Å². The van der Waals surface area contributed by atoms with Crippen LogP contribution in [-0.2, 0) is 0 Å². The maximum absolute atomic E-state index is 6.03. The lowest BCUT2D eigenvalue weighted by Gasteiger charge is -2.38. The van der Waals surface area contributed by atoms with Gasteiger partial charge in [-0.15, -0.1) is 24.0 Å². The Morgan fingerprint density at radius 3 is 2.50 bits per heavy atom. The van der Waals surface area contributed by atoms with Crippen molar-refractivity contribution >= 4 is 41.7 Å². The zero-order chi connectivity index (χ0) is 13.7. The second kappa shape index (κ2) is 8.68. The van der Waals surface area contributed by atoms with Crippen LogP contribution in [-0.4, -0.2) is 54.6 Å². The molecule has 0 aromatic rings. The number of aliphatic imine (C=N–C) groups is 1. The van der Waals surface area contributed by atoms with Crippen LogP contribution in [0.5, 0.6) is 0 Å². The standard InChI is InChI=1S/C14H28N4S.HI/c1-18-9-7-14(19-2,8-10-18)11-16-13(15)17-12-5-3-4-6-12;/h12H,3-11H2,1-2H3,(H3,15,16,17);1H. The number of likely N-dealkylation sites (tertiary alicyclic amines) is 1. The summed E-state index contributed by atoms with van der Waals surface area (Å²) in [6.07, 6.45) is 9.78. The van der Waals surface area contributed by atoms with Gasteiger partial charge in [-0.3, -0.25) is 4.99 Å². The summed E-state index contributed by atoms with van der Waals surface area (Å²) in [5.41, 5.74) is 6.03. The first kappa shape index (κ1) is 18.4. The van der Waals surface area contributed by atoms with Gasteiger partial charge in [0.2, 0.25) is 0 Å². The number of rotatable bonds is 4. The Labute approximate surface area is 144 Å². The molecule has 0 bridgehead atoms. The smallest absolute Gasteiger partial charge is 0.188 e. The Bertz CT molecular complexity index is 310. The zero-order valence-corrected chi connectivity index (χ0v) is 15.9. The van der Waals surface area contributed by atoms with E-state index in [9.17, 15) is 0 Å². The number of guanidine groups is 1. The fourth-order valence-corrected chi connectivity index (χ4v) is 3.79. The van der Waals surface area contributed by atoms with Gasteiger partial charge in [0, 0.05) is 10.8 Å². The quantitative estimate of drug-likeness (QED) is 0.423. The number of nitrogens with one attached hydrogen (secondary N) is 1. The van der Waals surface area contributed by atoms with Crippen molar-refractivity contribution < 1.29 is 0 Å². The molecule has 2 rings (SSSR count). The van der Waals surface area contributed by atoms with Crippen molar-refractivity contribution in [3.8, 4) is 0 Å². The van der Waals surface area contributed by atoms with E-state index in [0.717, 1.165) is 6.54 Å². The van der Waals surface area contributed by atoms with Gasteiger partial charge in [0.15, 0.2) is 5.96 Å². The lowest BCUT2D eigenvalue weighted by molar-refractivity contribution is 0.242. The summed E-state index contributed by atoms with van der Waals surface area (Å²) in [5, 5.41) is 3.38. The molecule has 0 atom stereocenters. The van der Waals surface area contributed by atoms with E-state index in [4.69, 9.17) is 5.73 Å². The summed E-state index contributed by atoms with van der Waals surface area (Å²) >= 11 is 1.96. The van der Waals surface area contributed by atoms with E-state index in [1.807, 2.05) is 11.8 Å². The van der Waals surface area contributed by atoms with Crippen molar-refractivity contribution in [3.63, 3.8) is 0 Å². The Hall–Kier alpha value is 0.310. The van der Waals surface area contributed by atoms with Crippen LogP contribution in [0.2, 0.25) is 0 Å². The van der Waals surface area contributed by atoms with Gasteiger partial charge in [-0.2, -0.15) is 11.8 Å². The van der Waals surface area contributed by atoms with Crippen molar-refractivity contribution in [2.75, 3.05) is 32.9 Å². The summed E-state index contributed by atoms with van der Waals surface area (Å²) in [6, 6.07) is 0.562. The third-order valence-corrected chi connectivity index (χ3v) is 5.98. The zero-order valence-electron chi connectivity index (χ0n) is 12.7. The van der Waals surface area contributed by atoms with Crippen LogP contribution < -0.4 is 11.1 Å². The molecule has 3 N–H and O–H groups in total. The number of hydrogen-bond acceptors (Lipinski definition) is 3. The molecule has 0 radical (unpaired) electrons. The number of halogens is 1. The second-order valence-electron chi connectivity index (χ2n) is 6.02. The highest BCUT2D eigenvalue weighted by Crippen LogP contribution is 2.34. The molecule has 2 fully saturated rings. The molecule has 118 valence electrons. The molecule has 1 heterocycles. The molecule has 0 aromatic carbocycles. The Morgan fingerprint density at radius 1 is 1.35 bits per heavy atom. The fraction of sp³-hybridized carbons (Fsp3) is 0.929. The highest BCUT2D eigenvalue weighted by molar-refractivity contribution is 14.0. The van der Waals surface area contributed by atoms with Gasteiger partial charge >= 0.3 is 0 Å². The average molecular weight is 412 g/mol. The highest BCUT2D eigenvalue weighted by Gasteiger charge is 2.32. The van der Waals surface area contributed by atoms with Crippen molar-refractivity contribution in [3.05, 3.63) is 0 Å². The number of nitrogens with two attached hydrogens (primary N) is 1. The van der Waals surface area contributed by atoms with Crippen LogP contribution in [0.3, 0.4) is 0 Å². The number of thioether (sulfide) groups is 1. The Kier molecular flexibility index (Phi) is 7.97. The molecule has 0 spiro atoms. The van der Waals surface area contributed by atoms with Crippen LogP contribution in [0.25, 0.3) is 0 Å². The molecule has 1 saturated carbocycles. The topological polar surface area (TPSA) is 53.6 Å². The predicted molar refractivity (Wildman–Crippen MR) is 100 cm³/mol. The van der Waals surface area contributed by atoms with Crippen LogP contribution in [0, 0.1) is 0 Å². The fourth-order valence-electron chi connectivity index (χ4n) is 3.01. The monoisotopic (exact) mass is 412 g/mol. The first-order valence-corrected chi connectivity index (χ1v) is 8.66. The Morgan fingerprint density at radius 2 is 1.95 bits per heavy atom. The minimum atomic E-state index is 0. The number of nitrogens with zero attached hydrogens (tertiary/aromatic N) is 2. The van der Waals surface area contributed by atoms with Gasteiger partial charge in [0.25, 0.3) is 0 Å². The molecule has 1 saturated heterocycles.